The van der Waals surface area contributed by atoms with E-state index in [1.165, 1.54) is 0 Å². The molecule has 0 fully saturated rings. The monoisotopic (exact) mass is 257 g/mol. The summed E-state index contributed by atoms with van der Waals surface area (Å²) in [4.78, 5) is 3.88. The van der Waals surface area contributed by atoms with Crippen LogP contribution in [0, 0.1) is 17.5 Å². The summed E-state index contributed by atoms with van der Waals surface area (Å²) in [6.07, 6.45) is 0. The molecular weight excluding hydrogens is 247 g/mol. The Morgan fingerprint density at radius 2 is 2.00 bits per heavy atom. The molecule has 0 saturated heterocycles. The largest absolute Gasteiger partial charge is 0.334 e. The predicted octanol–water partition coefficient (Wildman–Crippen LogP) is 2.26. The van der Waals surface area contributed by atoms with Gasteiger partial charge in [0, 0.05) is 0 Å². The molecule has 0 aliphatic heterocycles. The summed E-state index contributed by atoms with van der Waals surface area (Å²) < 4.78 is 44.0. The highest BCUT2D eigenvalue weighted by atomic mass is 19.2. The SMILES string of the molecule is CCNCc1noc(-c2ccc(F)c(F)c2F)n1. The van der Waals surface area contributed by atoms with Crippen molar-refractivity contribution in [1.29, 1.82) is 0 Å². The Labute approximate surface area is 101 Å². The normalized spacial score (nSPS) is 10.9. The molecule has 1 aromatic carbocycles. The third kappa shape index (κ3) is 2.35. The minimum absolute atomic E-state index is 0.181. The zero-order valence-electron chi connectivity index (χ0n) is 9.51. The van der Waals surface area contributed by atoms with Crippen LogP contribution >= 0.6 is 0 Å². The minimum atomic E-state index is -1.56. The molecule has 1 aromatic heterocycles. The fourth-order valence-electron chi connectivity index (χ4n) is 1.36. The van der Waals surface area contributed by atoms with E-state index in [0.29, 0.717) is 18.9 Å². The molecule has 0 radical (unpaired) electrons. The van der Waals surface area contributed by atoms with Crippen molar-refractivity contribution in [3.05, 3.63) is 35.4 Å². The van der Waals surface area contributed by atoms with Crippen LogP contribution in [0.4, 0.5) is 13.2 Å². The summed E-state index contributed by atoms with van der Waals surface area (Å²) in [7, 11) is 0. The predicted molar refractivity (Wildman–Crippen MR) is 57.0 cm³/mol. The molecule has 0 bridgehead atoms. The molecule has 1 heterocycles. The van der Waals surface area contributed by atoms with E-state index in [4.69, 9.17) is 4.52 Å². The van der Waals surface area contributed by atoms with Crippen molar-refractivity contribution in [3.63, 3.8) is 0 Å². The lowest BCUT2D eigenvalue weighted by atomic mass is 10.2. The number of nitrogens with one attached hydrogen (secondary N) is 1. The highest BCUT2D eigenvalue weighted by Gasteiger charge is 2.19. The lowest BCUT2D eigenvalue weighted by molar-refractivity contribution is 0.411. The second kappa shape index (κ2) is 5.18. The molecule has 7 heteroatoms. The van der Waals surface area contributed by atoms with E-state index in [1.807, 2.05) is 6.92 Å². The van der Waals surface area contributed by atoms with Gasteiger partial charge in [-0.1, -0.05) is 12.1 Å². The fraction of sp³-hybridized carbons (Fsp3) is 0.273. The van der Waals surface area contributed by atoms with Crippen LogP contribution in [0.2, 0.25) is 0 Å². The molecule has 96 valence electrons. The van der Waals surface area contributed by atoms with Crippen molar-refractivity contribution in [2.45, 2.75) is 13.5 Å². The van der Waals surface area contributed by atoms with Gasteiger partial charge in [-0.05, 0) is 18.7 Å². The second-order valence-corrected chi connectivity index (χ2v) is 3.52. The Balaban J connectivity index is 2.31. The smallest absolute Gasteiger partial charge is 0.261 e. The number of aromatic nitrogens is 2. The van der Waals surface area contributed by atoms with Crippen LogP contribution in [0.1, 0.15) is 12.7 Å². The molecule has 0 aliphatic rings. The Hall–Kier alpha value is -1.89. The molecule has 0 unspecified atom stereocenters. The highest BCUT2D eigenvalue weighted by Crippen LogP contribution is 2.24. The van der Waals surface area contributed by atoms with E-state index in [2.05, 4.69) is 15.5 Å². The van der Waals surface area contributed by atoms with Crippen LogP contribution in [-0.4, -0.2) is 16.7 Å². The van der Waals surface area contributed by atoms with Crippen LogP contribution in [0.3, 0.4) is 0 Å². The lowest BCUT2D eigenvalue weighted by Crippen LogP contribution is -2.12. The van der Waals surface area contributed by atoms with Gasteiger partial charge >= 0.3 is 0 Å². The molecule has 0 aliphatic carbocycles. The number of nitrogens with zero attached hydrogens (tertiary/aromatic N) is 2. The van der Waals surface area contributed by atoms with Crippen LogP contribution in [-0.2, 0) is 6.54 Å². The second-order valence-electron chi connectivity index (χ2n) is 3.52. The van der Waals surface area contributed by atoms with Gasteiger partial charge in [0.25, 0.3) is 5.89 Å². The summed E-state index contributed by atoms with van der Waals surface area (Å²) in [6, 6.07) is 1.86. The first-order valence-corrected chi connectivity index (χ1v) is 5.30. The van der Waals surface area contributed by atoms with Crippen molar-refractivity contribution in [2.24, 2.45) is 0 Å². The molecule has 0 spiro atoms. The molecule has 18 heavy (non-hydrogen) atoms. The van der Waals surface area contributed by atoms with E-state index in [1.54, 1.807) is 0 Å². The van der Waals surface area contributed by atoms with E-state index < -0.39 is 17.5 Å². The van der Waals surface area contributed by atoms with Gasteiger partial charge in [-0.2, -0.15) is 4.98 Å². The van der Waals surface area contributed by atoms with Gasteiger partial charge in [-0.25, -0.2) is 13.2 Å². The first kappa shape index (κ1) is 12.6. The molecule has 0 saturated carbocycles. The molecule has 2 aromatic rings. The number of hydrogen-bond acceptors (Lipinski definition) is 4. The first-order valence-electron chi connectivity index (χ1n) is 5.30. The maximum atomic E-state index is 13.5. The minimum Gasteiger partial charge on any atom is -0.334 e. The van der Waals surface area contributed by atoms with Crippen molar-refractivity contribution in [2.75, 3.05) is 6.54 Å². The third-order valence-electron chi connectivity index (χ3n) is 2.27. The van der Waals surface area contributed by atoms with Gasteiger partial charge in [0.05, 0.1) is 12.1 Å². The van der Waals surface area contributed by atoms with Gasteiger partial charge in [-0.3, -0.25) is 0 Å². The zero-order valence-corrected chi connectivity index (χ0v) is 9.51. The van der Waals surface area contributed by atoms with Crippen molar-refractivity contribution >= 4 is 0 Å². The van der Waals surface area contributed by atoms with Gasteiger partial charge in [0.2, 0.25) is 0 Å². The number of rotatable bonds is 4. The topological polar surface area (TPSA) is 51.0 Å². The molecular formula is C11H10F3N3O. The van der Waals surface area contributed by atoms with E-state index in [9.17, 15) is 13.2 Å². The Kier molecular flexibility index (Phi) is 3.61. The van der Waals surface area contributed by atoms with Crippen LogP contribution < -0.4 is 5.32 Å². The van der Waals surface area contributed by atoms with E-state index in [-0.39, 0.29) is 11.5 Å². The number of hydrogen-bond donors (Lipinski definition) is 1. The summed E-state index contributed by atoms with van der Waals surface area (Å²) >= 11 is 0. The van der Waals surface area contributed by atoms with E-state index >= 15 is 0 Å². The van der Waals surface area contributed by atoms with Gasteiger partial charge in [0.15, 0.2) is 23.3 Å². The first-order chi connectivity index (χ1) is 8.63. The average Bonchev–Trinajstić information content (AvgIpc) is 2.82. The Bertz CT molecular complexity index is 556. The van der Waals surface area contributed by atoms with Crippen LogP contribution in [0.5, 0.6) is 0 Å². The average molecular weight is 257 g/mol. The summed E-state index contributed by atoms with van der Waals surface area (Å²) in [5.41, 5.74) is -0.260. The highest BCUT2D eigenvalue weighted by molar-refractivity contribution is 5.53. The quantitative estimate of drug-likeness (QED) is 0.853. The standard InChI is InChI=1S/C11H10F3N3O/c1-2-15-5-8-16-11(18-17-8)6-3-4-7(12)10(14)9(6)13/h3-4,15H,2,5H2,1H3. The molecule has 0 atom stereocenters. The van der Waals surface area contributed by atoms with Crippen molar-refractivity contribution < 1.29 is 17.7 Å². The van der Waals surface area contributed by atoms with E-state index in [0.717, 1.165) is 12.1 Å². The Morgan fingerprint density at radius 1 is 1.22 bits per heavy atom. The molecule has 4 nitrogen and oxygen atoms in total. The van der Waals surface area contributed by atoms with Crippen LogP contribution in [0.15, 0.2) is 16.7 Å². The van der Waals surface area contributed by atoms with Gasteiger partial charge in [0.1, 0.15) is 0 Å². The van der Waals surface area contributed by atoms with Gasteiger partial charge < -0.3 is 9.84 Å². The molecule has 1 N–H and O–H groups in total. The molecule has 2 rings (SSSR count). The summed E-state index contributed by atoms with van der Waals surface area (Å²) in [5.74, 6) is -4.02. The molecule has 0 amide bonds. The fourth-order valence-corrected chi connectivity index (χ4v) is 1.36. The number of halogens is 3. The van der Waals surface area contributed by atoms with Crippen molar-refractivity contribution in [3.8, 4) is 11.5 Å². The summed E-state index contributed by atoms with van der Waals surface area (Å²) in [5, 5.41) is 6.54. The number of benzene rings is 1. The maximum Gasteiger partial charge on any atom is 0.261 e. The van der Waals surface area contributed by atoms with Crippen molar-refractivity contribution in [1.82, 2.24) is 15.5 Å². The Morgan fingerprint density at radius 3 is 2.72 bits per heavy atom. The maximum absolute atomic E-state index is 13.5. The lowest BCUT2D eigenvalue weighted by Gasteiger charge is -1.99. The van der Waals surface area contributed by atoms with Gasteiger partial charge in [-0.15, -0.1) is 0 Å². The third-order valence-corrected chi connectivity index (χ3v) is 2.27. The summed E-state index contributed by atoms with van der Waals surface area (Å²) in [6.45, 7) is 2.96. The zero-order chi connectivity index (χ0) is 13.1. The van der Waals surface area contributed by atoms with Crippen LogP contribution in [0.25, 0.3) is 11.5 Å².